The number of carbonyl (C=O) groups excluding carboxylic acids is 1. The number of nitrogens with one attached hydrogen (secondary N) is 1. The van der Waals surface area contributed by atoms with Gasteiger partial charge in [-0.25, -0.2) is 12.8 Å². The second-order valence-electron chi connectivity index (χ2n) is 7.34. The quantitative estimate of drug-likeness (QED) is 0.551. The van der Waals surface area contributed by atoms with E-state index in [1.54, 1.807) is 55.5 Å². The summed E-state index contributed by atoms with van der Waals surface area (Å²) in [6.07, 6.45) is 0. The van der Waals surface area contributed by atoms with Gasteiger partial charge in [-0.3, -0.25) is 9.10 Å². The van der Waals surface area contributed by atoms with Crippen molar-refractivity contribution in [2.24, 2.45) is 0 Å². The molecule has 0 unspecified atom stereocenters. The largest absolute Gasteiger partial charge is 0.495 e. The normalized spacial score (nSPS) is 12.1. The van der Waals surface area contributed by atoms with Gasteiger partial charge in [0.15, 0.2) is 0 Å². The molecule has 0 fully saturated rings. The molecule has 0 aromatic heterocycles. The molecule has 6 nitrogen and oxygen atoms in total. The van der Waals surface area contributed by atoms with Crippen LogP contribution in [0, 0.1) is 12.7 Å². The number of para-hydroxylation sites is 2. The van der Waals surface area contributed by atoms with Crippen LogP contribution in [0.5, 0.6) is 5.75 Å². The van der Waals surface area contributed by atoms with E-state index in [1.807, 2.05) is 6.92 Å². The minimum Gasteiger partial charge on any atom is -0.495 e. The van der Waals surface area contributed by atoms with Crippen LogP contribution in [-0.2, 0) is 14.8 Å². The zero-order valence-electron chi connectivity index (χ0n) is 18.1. The summed E-state index contributed by atoms with van der Waals surface area (Å²) >= 11 is 0. The molecule has 0 aliphatic heterocycles. The lowest BCUT2D eigenvalue weighted by Crippen LogP contribution is -2.41. The predicted octanol–water partition coefficient (Wildman–Crippen LogP) is 4.22. The van der Waals surface area contributed by atoms with Gasteiger partial charge in [0.1, 0.15) is 18.1 Å². The fourth-order valence-electron chi connectivity index (χ4n) is 3.23. The van der Waals surface area contributed by atoms with Crippen molar-refractivity contribution < 1.29 is 22.3 Å². The Bertz CT molecular complexity index is 1180. The average Bonchev–Trinajstić information content (AvgIpc) is 2.78. The van der Waals surface area contributed by atoms with Gasteiger partial charge < -0.3 is 10.1 Å². The third kappa shape index (κ3) is 5.26. The number of hydrogen-bond donors (Lipinski definition) is 1. The zero-order valence-corrected chi connectivity index (χ0v) is 18.9. The first-order valence-electron chi connectivity index (χ1n) is 9.99. The van der Waals surface area contributed by atoms with Gasteiger partial charge in [-0.2, -0.15) is 0 Å². The second-order valence-corrected chi connectivity index (χ2v) is 9.20. The molecule has 0 aliphatic carbocycles. The van der Waals surface area contributed by atoms with Crippen LogP contribution in [-0.4, -0.2) is 28.0 Å². The molecule has 3 rings (SSSR count). The smallest absolute Gasteiger partial charge is 0.264 e. The maximum atomic E-state index is 13.5. The number of methoxy groups -OCH3 is 1. The van der Waals surface area contributed by atoms with Crippen LogP contribution < -0.4 is 14.4 Å². The Morgan fingerprint density at radius 2 is 1.66 bits per heavy atom. The molecule has 3 aromatic carbocycles. The predicted molar refractivity (Wildman–Crippen MR) is 122 cm³/mol. The third-order valence-corrected chi connectivity index (χ3v) is 6.77. The summed E-state index contributed by atoms with van der Waals surface area (Å²) in [5, 5.41) is 2.78. The van der Waals surface area contributed by atoms with Crippen molar-refractivity contribution in [1.82, 2.24) is 5.32 Å². The fourth-order valence-corrected chi connectivity index (χ4v) is 4.66. The molecule has 0 radical (unpaired) electrons. The first kappa shape index (κ1) is 23.3. The number of nitrogens with zero attached hydrogens (tertiary/aromatic N) is 1. The summed E-state index contributed by atoms with van der Waals surface area (Å²) in [6, 6.07) is 18.3. The van der Waals surface area contributed by atoms with E-state index in [4.69, 9.17) is 4.74 Å². The van der Waals surface area contributed by atoms with Gasteiger partial charge >= 0.3 is 0 Å². The van der Waals surface area contributed by atoms with Gasteiger partial charge in [-0.05, 0) is 55.8 Å². The number of benzene rings is 3. The Kier molecular flexibility index (Phi) is 7.15. The maximum Gasteiger partial charge on any atom is 0.264 e. The van der Waals surface area contributed by atoms with Crippen molar-refractivity contribution in [1.29, 1.82) is 0 Å². The van der Waals surface area contributed by atoms with Gasteiger partial charge in [-0.1, -0.05) is 42.0 Å². The van der Waals surface area contributed by atoms with E-state index in [-0.39, 0.29) is 16.4 Å². The molecule has 0 heterocycles. The molecule has 8 heteroatoms. The third-order valence-electron chi connectivity index (χ3n) is 5.00. The summed E-state index contributed by atoms with van der Waals surface area (Å²) in [6.45, 7) is 3.15. The molecule has 3 aromatic rings. The Hall–Kier alpha value is -3.39. The van der Waals surface area contributed by atoms with E-state index in [2.05, 4.69) is 5.32 Å². The van der Waals surface area contributed by atoms with Crippen LogP contribution >= 0.6 is 0 Å². The van der Waals surface area contributed by atoms with Crippen LogP contribution in [0.25, 0.3) is 0 Å². The average molecular weight is 457 g/mol. The maximum absolute atomic E-state index is 13.5. The van der Waals surface area contributed by atoms with Crippen LogP contribution in [0.15, 0.2) is 77.7 Å². The Morgan fingerprint density at radius 3 is 2.28 bits per heavy atom. The molecule has 1 N–H and O–H groups in total. The molecule has 0 bridgehead atoms. The van der Waals surface area contributed by atoms with Crippen molar-refractivity contribution in [3.63, 3.8) is 0 Å². The van der Waals surface area contributed by atoms with Crippen LogP contribution in [0.3, 0.4) is 0 Å². The molecule has 0 saturated carbocycles. The number of anilines is 1. The Balaban J connectivity index is 1.93. The minimum atomic E-state index is -4.06. The van der Waals surface area contributed by atoms with Crippen LogP contribution in [0.2, 0.25) is 0 Å². The van der Waals surface area contributed by atoms with Crippen molar-refractivity contribution in [3.8, 4) is 5.75 Å². The van der Waals surface area contributed by atoms with Crippen LogP contribution in [0.1, 0.15) is 24.1 Å². The molecular weight excluding hydrogens is 431 g/mol. The fraction of sp³-hybridized carbons (Fsp3) is 0.208. The highest BCUT2D eigenvalue weighted by atomic mass is 32.2. The number of hydrogen-bond acceptors (Lipinski definition) is 4. The molecule has 0 aliphatic rings. The van der Waals surface area contributed by atoms with Crippen molar-refractivity contribution in [3.05, 3.63) is 89.7 Å². The van der Waals surface area contributed by atoms with E-state index >= 15 is 0 Å². The zero-order chi connectivity index (χ0) is 23.3. The molecule has 0 saturated heterocycles. The van der Waals surface area contributed by atoms with Crippen molar-refractivity contribution in [2.45, 2.75) is 24.8 Å². The van der Waals surface area contributed by atoms with Gasteiger partial charge in [0, 0.05) is 0 Å². The lowest BCUT2D eigenvalue weighted by Gasteiger charge is -2.26. The number of ether oxygens (including phenoxy) is 1. The summed E-state index contributed by atoms with van der Waals surface area (Å²) in [7, 11) is -2.62. The first-order chi connectivity index (χ1) is 15.2. The summed E-state index contributed by atoms with van der Waals surface area (Å²) in [4.78, 5) is 12.9. The molecule has 1 amide bonds. The number of amides is 1. The highest BCUT2D eigenvalue weighted by molar-refractivity contribution is 7.92. The van der Waals surface area contributed by atoms with Crippen molar-refractivity contribution in [2.75, 3.05) is 18.0 Å². The first-order valence-corrected chi connectivity index (χ1v) is 11.4. The van der Waals surface area contributed by atoms with E-state index in [9.17, 15) is 17.6 Å². The number of sulfonamides is 1. The summed E-state index contributed by atoms with van der Waals surface area (Å²) < 4.78 is 46.5. The molecular formula is C24H25FN2O4S. The molecule has 32 heavy (non-hydrogen) atoms. The van der Waals surface area contributed by atoms with E-state index < -0.39 is 28.5 Å². The topological polar surface area (TPSA) is 75.7 Å². The van der Waals surface area contributed by atoms with Crippen LogP contribution in [0.4, 0.5) is 10.1 Å². The highest BCUT2D eigenvalue weighted by Crippen LogP contribution is 2.32. The minimum absolute atomic E-state index is 0.0633. The Morgan fingerprint density at radius 1 is 1.03 bits per heavy atom. The Labute approximate surface area is 187 Å². The number of carbonyl (C=O) groups is 1. The lowest BCUT2D eigenvalue weighted by atomic mass is 10.1. The van der Waals surface area contributed by atoms with Crippen molar-refractivity contribution >= 4 is 21.6 Å². The standard InChI is InChI=1S/C24H25FN2O4S/c1-17-8-14-21(15-9-17)32(29,30)27(22-6-4-5-7-23(22)31-3)16-24(28)26-18(2)19-10-12-20(25)13-11-19/h4-15,18H,16H2,1-3H3,(H,26,28)/t18-/m1/s1. The van der Waals surface area contributed by atoms with E-state index in [0.29, 0.717) is 11.3 Å². The monoisotopic (exact) mass is 456 g/mol. The summed E-state index contributed by atoms with van der Waals surface area (Å²) in [5.74, 6) is -0.565. The number of halogens is 1. The van der Waals surface area contributed by atoms with E-state index in [1.165, 1.54) is 31.4 Å². The molecule has 1 atom stereocenters. The van der Waals surface area contributed by atoms with E-state index in [0.717, 1.165) is 9.87 Å². The number of rotatable bonds is 8. The van der Waals surface area contributed by atoms with Gasteiger partial charge in [0.05, 0.1) is 23.7 Å². The van der Waals surface area contributed by atoms with Gasteiger partial charge in [-0.15, -0.1) is 0 Å². The number of aryl methyl sites for hydroxylation is 1. The SMILES string of the molecule is COc1ccccc1N(CC(=O)N[C@H](C)c1ccc(F)cc1)S(=O)(=O)c1ccc(C)cc1. The highest BCUT2D eigenvalue weighted by Gasteiger charge is 2.29. The van der Waals surface area contributed by atoms with Gasteiger partial charge in [0.2, 0.25) is 5.91 Å². The molecule has 0 spiro atoms. The molecule has 168 valence electrons. The second kappa shape index (κ2) is 9.82. The van der Waals surface area contributed by atoms with Gasteiger partial charge in [0.25, 0.3) is 10.0 Å². The summed E-state index contributed by atoms with van der Waals surface area (Å²) in [5.41, 5.74) is 1.86. The lowest BCUT2D eigenvalue weighted by molar-refractivity contribution is -0.120.